The number of para-hydroxylation sites is 1. The van der Waals surface area contributed by atoms with Gasteiger partial charge in [-0.3, -0.25) is 14.2 Å². The van der Waals surface area contributed by atoms with E-state index < -0.39 is 17.4 Å². The third-order valence-electron chi connectivity index (χ3n) is 8.43. The molecular formula is C38H36N4O5. The molecule has 9 nitrogen and oxygen atoms in total. The number of carboxylic acids is 1. The number of hydrogen-bond donors (Lipinski definition) is 1. The van der Waals surface area contributed by atoms with E-state index in [1.165, 1.54) is 4.57 Å². The summed E-state index contributed by atoms with van der Waals surface area (Å²) < 4.78 is 6.66. The average Bonchev–Trinajstić information content (AvgIpc) is 3.39. The van der Waals surface area contributed by atoms with Crippen LogP contribution >= 0.6 is 0 Å². The lowest BCUT2D eigenvalue weighted by atomic mass is 9.74. The lowest BCUT2D eigenvalue weighted by Gasteiger charge is -2.30. The van der Waals surface area contributed by atoms with Gasteiger partial charge in [-0.05, 0) is 83.5 Å². The number of nitrogens with zero attached hydrogens (tertiary/aromatic N) is 4. The number of ether oxygens (including phenoxy) is 1. The molecule has 0 bridgehead atoms. The highest BCUT2D eigenvalue weighted by molar-refractivity contribution is 6.13. The van der Waals surface area contributed by atoms with Gasteiger partial charge in [-0.2, -0.15) is 5.01 Å². The molecule has 1 amide bonds. The molecule has 0 atom stereocenters. The third-order valence-corrected chi connectivity index (χ3v) is 8.43. The first kappa shape index (κ1) is 31.3. The van der Waals surface area contributed by atoms with Crippen molar-refractivity contribution in [2.45, 2.75) is 26.7 Å². The van der Waals surface area contributed by atoms with Crippen LogP contribution in [0, 0.1) is 5.41 Å². The number of allylic oxidation sites excluding steroid dienone is 3. The molecule has 6 rings (SSSR count). The Bertz CT molecular complexity index is 2130. The van der Waals surface area contributed by atoms with Crippen LogP contribution in [-0.4, -0.2) is 42.8 Å². The predicted octanol–water partition coefficient (Wildman–Crippen LogP) is 5.42. The molecule has 0 radical (unpaired) electrons. The van der Waals surface area contributed by atoms with Crippen molar-refractivity contribution in [1.82, 2.24) is 4.57 Å². The minimum atomic E-state index is -1.36. The minimum absolute atomic E-state index is 0.0143. The molecule has 1 aromatic heterocycles. The van der Waals surface area contributed by atoms with Gasteiger partial charge in [0.15, 0.2) is 5.49 Å². The van der Waals surface area contributed by atoms with Crippen LogP contribution in [0.15, 0.2) is 106 Å². The Morgan fingerprint density at radius 1 is 0.915 bits per heavy atom. The van der Waals surface area contributed by atoms with Gasteiger partial charge in [0.05, 0.1) is 29.3 Å². The SMILES string of the molecule is COc1ccc(-n2c3c(c(C(=O)O)/c(=C4C=C(/C=C/c5ccc(N(C)C)cc5)CC(C)(C)C\4)c2=O)C(=O)N(c2ccccc2)N=3)cc1. The van der Waals surface area contributed by atoms with E-state index in [4.69, 9.17) is 4.74 Å². The monoisotopic (exact) mass is 628 g/mol. The topological polar surface area (TPSA) is 104 Å². The number of amides is 1. The van der Waals surface area contributed by atoms with Gasteiger partial charge < -0.3 is 14.7 Å². The predicted molar refractivity (Wildman–Crippen MR) is 184 cm³/mol. The molecule has 2 heterocycles. The zero-order valence-corrected chi connectivity index (χ0v) is 27.0. The lowest BCUT2D eigenvalue weighted by molar-refractivity contribution is 0.0690. The largest absolute Gasteiger partial charge is 0.497 e. The Morgan fingerprint density at radius 2 is 1.60 bits per heavy atom. The second-order valence-corrected chi connectivity index (χ2v) is 12.7. The molecule has 1 N–H and O–H groups in total. The maximum Gasteiger partial charge on any atom is 0.337 e. The normalized spacial score (nSPS) is 16.5. The molecule has 0 saturated heterocycles. The van der Waals surface area contributed by atoms with Gasteiger partial charge in [0.2, 0.25) is 0 Å². The molecule has 47 heavy (non-hydrogen) atoms. The third kappa shape index (κ3) is 6.00. The van der Waals surface area contributed by atoms with Crippen LogP contribution in [-0.2, 0) is 0 Å². The molecule has 238 valence electrons. The number of pyridine rings is 1. The van der Waals surface area contributed by atoms with Gasteiger partial charge in [0.25, 0.3) is 11.5 Å². The highest BCUT2D eigenvalue weighted by Gasteiger charge is 2.36. The number of methoxy groups -OCH3 is 1. The number of fused-ring (bicyclic) bond motifs is 1. The van der Waals surface area contributed by atoms with Crippen molar-refractivity contribution >= 4 is 34.9 Å². The fourth-order valence-corrected chi connectivity index (χ4v) is 6.24. The smallest absolute Gasteiger partial charge is 0.337 e. The zero-order chi connectivity index (χ0) is 33.5. The number of hydrogen-bond acceptors (Lipinski definition) is 6. The first-order chi connectivity index (χ1) is 22.5. The Morgan fingerprint density at radius 3 is 2.21 bits per heavy atom. The van der Waals surface area contributed by atoms with Gasteiger partial charge in [-0.15, -0.1) is 5.10 Å². The standard InChI is InChI=1S/C38H36N4O5/c1-38(2)22-25(12-11-24-13-15-27(16-14-24)40(3)4)21-26(23-38)31-32(37(45)46)33-34(39-42(36(33)44)29-9-7-6-8-10-29)41(35(31)43)28-17-19-30(47-5)20-18-28/h6-21H,22-23H2,1-5H3,(H,45,46)/b12-11+,31-26-. The summed E-state index contributed by atoms with van der Waals surface area (Å²) in [6, 6.07) is 23.7. The summed E-state index contributed by atoms with van der Waals surface area (Å²) in [6.07, 6.45) is 7.08. The van der Waals surface area contributed by atoms with Crippen molar-refractivity contribution in [2.24, 2.45) is 10.5 Å². The van der Waals surface area contributed by atoms with Crippen molar-refractivity contribution in [3.8, 4) is 11.4 Å². The second kappa shape index (κ2) is 12.2. The van der Waals surface area contributed by atoms with Gasteiger partial charge in [-0.1, -0.05) is 62.4 Å². The first-order valence-corrected chi connectivity index (χ1v) is 15.3. The van der Waals surface area contributed by atoms with Crippen molar-refractivity contribution in [3.63, 3.8) is 0 Å². The molecule has 4 aromatic rings. The Kier molecular flexibility index (Phi) is 8.15. The van der Waals surface area contributed by atoms with Gasteiger partial charge in [-0.25, -0.2) is 4.79 Å². The fraction of sp³-hybridized carbons (Fsp3) is 0.211. The minimum Gasteiger partial charge on any atom is -0.497 e. The second-order valence-electron chi connectivity index (χ2n) is 12.7. The van der Waals surface area contributed by atoms with Gasteiger partial charge >= 0.3 is 5.97 Å². The number of carbonyl (C=O) groups is 2. The van der Waals surface area contributed by atoms with Crippen molar-refractivity contribution in [1.29, 1.82) is 0 Å². The quantitative estimate of drug-likeness (QED) is 0.293. The number of carboxylic acid groups (broad SMARTS) is 1. The van der Waals surface area contributed by atoms with Crippen LogP contribution in [0.25, 0.3) is 17.3 Å². The molecule has 0 fully saturated rings. The van der Waals surface area contributed by atoms with Crippen LogP contribution in [0.1, 0.15) is 53.0 Å². The van der Waals surface area contributed by atoms with Crippen LogP contribution in [0.2, 0.25) is 0 Å². The van der Waals surface area contributed by atoms with Crippen LogP contribution in [0.5, 0.6) is 5.75 Å². The molecule has 0 saturated carbocycles. The Hall–Kier alpha value is -5.70. The molecule has 0 spiro atoms. The van der Waals surface area contributed by atoms with Crippen LogP contribution in [0.3, 0.4) is 0 Å². The van der Waals surface area contributed by atoms with E-state index in [1.54, 1.807) is 55.6 Å². The fourth-order valence-electron chi connectivity index (χ4n) is 6.24. The van der Waals surface area contributed by atoms with Crippen LogP contribution in [0.4, 0.5) is 11.4 Å². The molecule has 3 aromatic carbocycles. The summed E-state index contributed by atoms with van der Waals surface area (Å²) in [6.45, 7) is 4.18. The van der Waals surface area contributed by atoms with Gasteiger partial charge in [0.1, 0.15) is 11.3 Å². The molecule has 2 aliphatic rings. The number of aromatic carboxylic acids is 1. The summed E-state index contributed by atoms with van der Waals surface area (Å²) in [5, 5.41) is 16.4. The van der Waals surface area contributed by atoms with Crippen LogP contribution < -0.4 is 30.9 Å². The number of rotatable bonds is 7. The summed E-state index contributed by atoms with van der Waals surface area (Å²) >= 11 is 0. The van der Waals surface area contributed by atoms with E-state index in [2.05, 4.69) is 18.9 Å². The summed E-state index contributed by atoms with van der Waals surface area (Å²) in [5.74, 6) is -1.40. The van der Waals surface area contributed by atoms with E-state index in [1.807, 2.05) is 67.6 Å². The van der Waals surface area contributed by atoms with Gasteiger partial charge in [0, 0.05) is 19.8 Å². The molecule has 1 aliphatic carbocycles. The van der Waals surface area contributed by atoms with E-state index in [-0.39, 0.29) is 27.2 Å². The van der Waals surface area contributed by atoms with Crippen molar-refractivity contribution in [2.75, 3.05) is 31.1 Å². The summed E-state index contributed by atoms with van der Waals surface area (Å²) in [7, 11) is 5.53. The molecule has 1 aliphatic heterocycles. The van der Waals surface area contributed by atoms with E-state index in [0.29, 0.717) is 29.1 Å². The first-order valence-electron chi connectivity index (χ1n) is 15.3. The zero-order valence-electron chi connectivity index (χ0n) is 27.0. The van der Waals surface area contributed by atoms with E-state index >= 15 is 0 Å². The lowest BCUT2D eigenvalue weighted by Crippen LogP contribution is -2.48. The maximum absolute atomic E-state index is 14.6. The number of carbonyl (C=O) groups excluding carboxylic acids is 1. The van der Waals surface area contributed by atoms with Crippen molar-refractivity contribution < 1.29 is 19.4 Å². The van der Waals surface area contributed by atoms with E-state index in [9.17, 15) is 19.5 Å². The summed E-state index contributed by atoms with van der Waals surface area (Å²) in [4.78, 5) is 43.8. The average molecular weight is 629 g/mol. The Balaban J connectivity index is 1.63. The molecule has 9 heteroatoms. The highest BCUT2D eigenvalue weighted by atomic mass is 16.5. The van der Waals surface area contributed by atoms with E-state index in [0.717, 1.165) is 28.3 Å². The molecular weight excluding hydrogens is 592 g/mol. The highest BCUT2D eigenvalue weighted by Crippen LogP contribution is 2.39. The maximum atomic E-state index is 14.6. The van der Waals surface area contributed by atoms with Crippen molar-refractivity contribution in [3.05, 3.63) is 134 Å². The molecule has 0 unspecified atom stereocenters. The number of aromatic nitrogens is 1. The Labute approximate surface area is 272 Å². The number of benzene rings is 3. The summed E-state index contributed by atoms with van der Waals surface area (Å²) in [5.41, 5.74) is 3.13. The number of anilines is 2.